The first-order chi connectivity index (χ1) is 9.76. The third-order valence-corrected chi connectivity index (χ3v) is 3.04. The molecule has 0 fully saturated rings. The molecule has 0 bridgehead atoms. The minimum Gasteiger partial charge on any atom is -0.278 e. The maximum Gasteiger partial charge on any atom is 0.296 e. The molecule has 0 saturated heterocycles. The first kappa shape index (κ1) is 15.0. The maximum absolute atomic E-state index is 11.6. The van der Waals surface area contributed by atoms with E-state index in [1.807, 2.05) is 0 Å². The van der Waals surface area contributed by atoms with E-state index in [0.717, 1.165) is 5.01 Å². The summed E-state index contributed by atoms with van der Waals surface area (Å²) in [6, 6.07) is 7.83. The Balaban J connectivity index is 2.22. The third-order valence-electron chi connectivity index (χ3n) is 2.52. The molecule has 112 valence electrons. The van der Waals surface area contributed by atoms with Gasteiger partial charge in [0.15, 0.2) is 5.69 Å². The molecule has 0 saturated carbocycles. The summed E-state index contributed by atoms with van der Waals surface area (Å²) in [6.07, 6.45) is 1.60. The van der Waals surface area contributed by atoms with Crippen LogP contribution in [0.25, 0.3) is 5.69 Å². The SMILES string of the molecule is CN(N)C(=O)c1ccn(-c2ccc(NS(N)(=O)=O)cc2)n1. The smallest absolute Gasteiger partial charge is 0.278 e. The molecule has 0 radical (unpaired) electrons. The minimum atomic E-state index is -3.81. The average molecular weight is 310 g/mol. The Bertz CT molecular complexity index is 751. The van der Waals surface area contributed by atoms with Crippen molar-refractivity contribution in [2.45, 2.75) is 0 Å². The van der Waals surface area contributed by atoms with Crippen LogP contribution >= 0.6 is 0 Å². The summed E-state index contributed by atoms with van der Waals surface area (Å²) in [6.45, 7) is 0. The Morgan fingerprint density at radius 2 is 1.90 bits per heavy atom. The normalized spacial score (nSPS) is 11.2. The Hall–Kier alpha value is -2.43. The molecule has 0 atom stereocenters. The van der Waals surface area contributed by atoms with E-state index in [9.17, 15) is 13.2 Å². The van der Waals surface area contributed by atoms with Crippen LogP contribution in [0.3, 0.4) is 0 Å². The van der Waals surface area contributed by atoms with Gasteiger partial charge in [0.05, 0.1) is 5.69 Å². The first-order valence-corrected chi connectivity index (χ1v) is 7.30. The number of nitrogens with zero attached hydrogens (tertiary/aromatic N) is 3. The van der Waals surface area contributed by atoms with Gasteiger partial charge in [0.2, 0.25) is 0 Å². The van der Waals surface area contributed by atoms with Gasteiger partial charge in [0.25, 0.3) is 16.1 Å². The summed E-state index contributed by atoms with van der Waals surface area (Å²) in [7, 11) is -2.38. The molecule has 1 amide bonds. The highest BCUT2D eigenvalue weighted by Crippen LogP contribution is 2.14. The number of anilines is 1. The van der Waals surface area contributed by atoms with E-state index in [2.05, 4.69) is 9.82 Å². The highest BCUT2D eigenvalue weighted by atomic mass is 32.2. The predicted octanol–water partition coefficient (Wildman–Crippen LogP) is -0.567. The molecule has 0 aliphatic carbocycles. The summed E-state index contributed by atoms with van der Waals surface area (Å²) in [5, 5.41) is 9.90. The third kappa shape index (κ3) is 3.78. The van der Waals surface area contributed by atoms with E-state index in [-0.39, 0.29) is 5.69 Å². The monoisotopic (exact) mass is 310 g/mol. The van der Waals surface area contributed by atoms with Crippen molar-refractivity contribution in [3.05, 3.63) is 42.2 Å². The summed E-state index contributed by atoms with van der Waals surface area (Å²) >= 11 is 0. The van der Waals surface area contributed by atoms with Crippen LogP contribution in [0.1, 0.15) is 10.5 Å². The lowest BCUT2D eigenvalue weighted by molar-refractivity contribution is 0.0789. The number of benzene rings is 1. The second kappa shape index (κ2) is 5.52. The summed E-state index contributed by atoms with van der Waals surface area (Å²) < 4.78 is 25.4. The summed E-state index contributed by atoms with van der Waals surface area (Å²) in [4.78, 5) is 11.6. The van der Waals surface area contributed by atoms with Gasteiger partial charge in [-0.2, -0.15) is 13.5 Å². The van der Waals surface area contributed by atoms with Crippen molar-refractivity contribution >= 4 is 21.8 Å². The number of rotatable bonds is 4. The topological polar surface area (TPSA) is 136 Å². The zero-order valence-corrected chi connectivity index (χ0v) is 11.9. The van der Waals surface area contributed by atoms with Gasteiger partial charge in [-0.25, -0.2) is 15.7 Å². The van der Waals surface area contributed by atoms with E-state index in [1.165, 1.54) is 29.9 Å². The fourth-order valence-corrected chi connectivity index (χ4v) is 2.07. The maximum atomic E-state index is 11.6. The fraction of sp³-hybridized carbons (Fsp3) is 0.0909. The van der Waals surface area contributed by atoms with Gasteiger partial charge in [-0.1, -0.05) is 0 Å². The fourth-order valence-electron chi connectivity index (χ4n) is 1.61. The van der Waals surface area contributed by atoms with Crippen molar-refractivity contribution in [1.82, 2.24) is 14.8 Å². The molecule has 9 nitrogen and oxygen atoms in total. The molecule has 0 spiro atoms. The molecule has 0 unspecified atom stereocenters. The van der Waals surface area contributed by atoms with Gasteiger partial charge in [-0.05, 0) is 30.3 Å². The molecular formula is C11H14N6O3S. The van der Waals surface area contributed by atoms with Crippen LogP contribution in [-0.2, 0) is 10.2 Å². The van der Waals surface area contributed by atoms with Crippen molar-refractivity contribution in [2.75, 3.05) is 11.8 Å². The van der Waals surface area contributed by atoms with Crippen molar-refractivity contribution in [3.8, 4) is 5.69 Å². The highest BCUT2D eigenvalue weighted by Gasteiger charge is 2.12. The number of hydrazine groups is 1. The number of hydrogen-bond donors (Lipinski definition) is 3. The Kier molecular flexibility index (Phi) is 3.93. The van der Waals surface area contributed by atoms with Gasteiger partial charge in [0.1, 0.15) is 0 Å². The predicted molar refractivity (Wildman–Crippen MR) is 76.6 cm³/mol. The number of carbonyl (C=O) groups excluding carboxylic acids is 1. The van der Waals surface area contributed by atoms with Gasteiger partial charge < -0.3 is 0 Å². The average Bonchev–Trinajstić information content (AvgIpc) is 2.86. The van der Waals surface area contributed by atoms with Crippen LogP contribution in [0.2, 0.25) is 0 Å². The number of carbonyl (C=O) groups is 1. The minimum absolute atomic E-state index is 0.201. The first-order valence-electron chi connectivity index (χ1n) is 5.76. The molecular weight excluding hydrogens is 296 g/mol. The van der Waals surface area contributed by atoms with Gasteiger partial charge >= 0.3 is 0 Å². The second-order valence-corrected chi connectivity index (χ2v) is 5.55. The van der Waals surface area contributed by atoms with Crippen LogP contribution in [0.4, 0.5) is 5.69 Å². The molecule has 1 aromatic carbocycles. The molecule has 2 aromatic rings. The molecule has 10 heteroatoms. The van der Waals surface area contributed by atoms with E-state index >= 15 is 0 Å². The quantitative estimate of drug-likeness (QED) is 0.395. The lowest BCUT2D eigenvalue weighted by atomic mass is 10.3. The van der Waals surface area contributed by atoms with Crippen molar-refractivity contribution < 1.29 is 13.2 Å². The van der Waals surface area contributed by atoms with E-state index < -0.39 is 16.1 Å². The zero-order valence-electron chi connectivity index (χ0n) is 11.1. The Labute approximate surface area is 121 Å². The zero-order chi connectivity index (χ0) is 15.6. The van der Waals surface area contributed by atoms with Crippen molar-refractivity contribution in [2.24, 2.45) is 11.0 Å². The van der Waals surface area contributed by atoms with Crippen LogP contribution in [-0.4, -0.2) is 36.2 Å². The molecule has 5 N–H and O–H groups in total. The number of nitrogens with one attached hydrogen (secondary N) is 1. The number of nitrogens with two attached hydrogens (primary N) is 2. The molecule has 0 aliphatic rings. The highest BCUT2D eigenvalue weighted by molar-refractivity contribution is 7.90. The molecule has 0 aliphatic heterocycles. The lowest BCUT2D eigenvalue weighted by Gasteiger charge is -2.07. The van der Waals surface area contributed by atoms with Crippen LogP contribution in [0.5, 0.6) is 0 Å². The molecule has 1 aromatic heterocycles. The Morgan fingerprint density at radius 1 is 1.29 bits per heavy atom. The van der Waals surface area contributed by atoms with Crippen LogP contribution < -0.4 is 15.7 Å². The van der Waals surface area contributed by atoms with E-state index in [1.54, 1.807) is 18.3 Å². The number of hydrogen-bond acceptors (Lipinski definition) is 5. The molecule has 21 heavy (non-hydrogen) atoms. The lowest BCUT2D eigenvalue weighted by Crippen LogP contribution is -2.33. The van der Waals surface area contributed by atoms with Gasteiger partial charge in [0, 0.05) is 18.9 Å². The van der Waals surface area contributed by atoms with Crippen LogP contribution in [0, 0.1) is 0 Å². The standard InChI is InChI=1S/C11H14N6O3S/c1-16(12)11(18)10-6-7-17(14-10)9-4-2-8(3-5-9)15-21(13,19)20/h2-7,15H,12H2,1H3,(H2,13,19,20). The molecule has 1 heterocycles. The number of aromatic nitrogens is 2. The summed E-state index contributed by atoms with van der Waals surface area (Å²) in [5.74, 6) is 4.94. The van der Waals surface area contributed by atoms with Gasteiger partial charge in [-0.15, -0.1) is 0 Å². The van der Waals surface area contributed by atoms with E-state index in [0.29, 0.717) is 11.4 Å². The van der Waals surface area contributed by atoms with Crippen molar-refractivity contribution in [1.29, 1.82) is 0 Å². The second-order valence-electron chi connectivity index (χ2n) is 4.26. The summed E-state index contributed by atoms with van der Waals surface area (Å²) in [5.41, 5.74) is 1.17. The largest absolute Gasteiger partial charge is 0.296 e. The Morgan fingerprint density at radius 3 is 2.43 bits per heavy atom. The number of amides is 1. The van der Waals surface area contributed by atoms with Crippen LogP contribution in [0.15, 0.2) is 36.5 Å². The molecule has 2 rings (SSSR count). The van der Waals surface area contributed by atoms with Crippen molar-refractivity contribution in [3.63, 3.8) is 0 Å². The van der Waals surface area contributed by atoms with Gasteiger partial charge in [-0.3, -0.25) is 14.5 Å². The van der Waals surface area contributed by atoms with E-state index in [4.69, 9.17) is 11.0 Å².